The minimum absolute atomic E-state index is 0.445. The molecule has 54 heavy (non-hydrogen) atoms. The number of fused-ring (bicyclic) bond motifs is 9. The molecule has 5 nitrogen and oxygen atoms in total. The van der Waals surface area contributed by atoms with Crippen molar-refractivity contribution in [1.29, 1.82) is 5.26 Å². The predicted octanol–water partition coefficient (Wildman–Crippen LogP) is 11.5. The van der Waals surface area contributed by atoms with E-state index in [-0.39, 0.29) is 0 Å². The van der Waals surface area contributed by atoms with Crippen LogP contribution in [-0.2, 0) is 5.41 Å². The van der Waals surface area contributed by atoms with Gasteiger partial charge in [-0.1, -0.05) is 145 Å². The third-order valence-electron chi connectivity index (χ3n) is 10.9. The smallest absolute Gasteiger partial charge is 0.165 e. The number of aromatic nitrogens is 3. The van der Waals surface area contributed by atoms with Gasteiger partial charge in [-0.2, -0.15) is 5.26 Å². The van der Waals surface area contributed by atoms with E-state index in [0.717, 1.165) is 28.2 Å². The summed E-state index contributed by atoms with van der Waals surface area (Å²) in [6.45, 7) is 4.34. The quantitative estimate of drug-likeness (QED) is 0.184. The van der Waals surface area contributed by atoms with E-state index in [9.17, 15) is 5.26 Å². The van der Waals surface area contributed by atoms with E-state index in [1.54, 1.807) is 0 Å². The molecular formula is C49H33N5. The molecule has 1 spiro atoms. The third-order valence-corrected chi connectivity index (χ3v) is 10.9. The highest BCUT2D eigenvalue weighted by atomic mass is 15.2. The van der Waals surface area contributed by atoms with Gasteiger partial charge in [0.2, 0.25) is 0 Å². The second-order valence-electron chi connectivity index (χ2n) is 14.1. The summed E-state index contributed by atoms with van der Waals surface area (Å²) in [5.41, 5.74) is 15.5. The van der Waals surface area contributed by atoms with Crippen LogP contribution in [0.3, 0.4) is 0 Å². The molecule has 0 atom stereocenters. The lowest BCUT2D eigenvalue weighted by Crippen LogP contribution is -2.36. The van der Waals surface area contributed by atoms with Crippen molar-refractivity contribution in [3.63, 3.8) is 0 Å². The molecule has 0 saturated carbocycles. The average molecular weight is 692 g/mol. The van der Waals surface area contributed by atoms with Crippen LogP contribution in [0.1, 0.15) is 38.9 Å². The number of anilines is 3. The lowest BCUT2D eigenvalue weighted by molar-refractivity contribution is 0.752. The first-order valence-corrected chi connectivity index (χ1v) is 18.2. The van der Waals surface area contributed by atoms with Gasteiger partial charge >= 0.3 is 0 Å². The summed E-state index contributed by atoms with van der Waals surface area (Å²) in [7, 11) is 0. The maximum absolute atomic E-state index is 10.5. The van der Waals surface area contributed by atoms with Crippen LogP contribution >= 0.6 is 0 Å². The Hall–Kier alpha value is -7.16. The van der Waals surface area contributed by atoms with Crippen LogP contribution in [0.15, 0.2) is 164 Å². The molecule has 0 amide bonds. The van der Waals surface area contributed by atoms with Crippen LogP contribution in [0.25, 0.3) is 45.3 Å². The number of rotatable bonds is 4. The van der Waals surface area contributed by atoms with Crippen molar-refractivity contribution in [2.45, 2.75) is 19.3 Å². The molecule has 7 aromatic carbocycles. The van der Waals surface area contributed by atoms with E-state index in [1.165, 1.54) is 44.5 Å². The van der Waals surface area contributed by atoms with Crippen molar-refractivity contribution >= 4 is 17.1 Å². The number of nitrogens with zero attached hydrogens (tertiary/aromatic N) is 5. The predicted molar refractivity (Wildman–Crippen MR) is 216 cm³/mol. The molecule has 5 heteroatoms. The minimum atomic E-state index is -0.519. The summed E-state index contributed by atoms with van der Waals surface area (Å²) < 4.78 is 0. The minimum Gasteiger partial charge on any atom is -0.310 e. The summed E-state index contributed by atoms with van der Waals surface area (Å²) in [4.78, 5) is 17.3. The number of aryl methyl sites for hydroxylation is 2. The van der Waals surface area contributed by atoms with Crippen LogP contribution in [0.4, 0.5) is 17.1 Å². The molecule has 0 N–H and O–H groups in total. The van der Waals surface area contributed by atoms with E-state index in [1.807, 2.05) is 72.8 Å². The lowest BCUT2D eigenvalue weighted by Gasteiger charge is -2.45. The molecule has 8 aromatic rings. The highest BCUT2D eigenvalue weighted by molar-refractivity contribution is 5.96. The van der Waals surface area contributed by atoms with Gasteiger partial charge in [-0.25, -0.2) is 15.0 Å². The summed E-state index contributed by atoms with van der Waals surface area (Å²) >= 11 is 0. The molecule has 1 aromatic heterocycles. The summed E-state index contributed by atoms with van der Waals surface area (Å²) in [6.07, 6.45) is 0. The molecular weight excluding hydrogens is 659 g/mol. The first-order valence-electron chi connectivity index (χ1n) is 18.2. The Bertz CT molecular complexity index is 2660. The van der Waals surface area contributed by atoms with E-state index < -0.39 is 5.41 Å². The van der Waals surface area contributed by atoms with Gasteiger partial charge in [-0.05, 0) is 77.6 Å². The van der Waals surface area contributed by atoms with Gasteiger partial charge in [0.1, 0.15) is 0 Å². The number of benzene rings is 7. The number of hydrogen-bond acceptors (Lipinski definition) is 5. The molecule has 0 fully saturated rings. The molecule has 254 valence electrons. The Balaban J connectivity index is 1.22. The molecule has 10 rings (SSSR count). The molecule has 2 aliphatic rings. The van der Waals surface area contributed by atoms with Gasteiger partial charge in [-0.15, -0.1) is 0 Å². The van der Waals surface area contributed by atoms with E-state index in [0.29, 0.717) is 28.6 Å². The van der Waals surface area contributed by atoms with Crippen LogP contribution in [0, 0.1) is 25.2 Å². The van der Waals surface area contributed by atoms with Gasteiger partial charge in [0, 0.05) is 22.4 Å². The lowest BCUT2D eigenvalue weighted by atomic mass is 9.64. The number of para-hydroxylation sites is 2. The highest BCUT2D eigenvalue weighted by Gasteiger charge is 2.51. The van der Waals surface area contributed by atoms with E-state index in [4.69, 9.17) is 15.0 Å². The maximum atomic E-state index is 10.5. The maximum Gasteiger partial charge on any atom is 0.165 e. The van der Waals surface area contributed by atoms with Crippen molar-refractivity contribution in [1.82, 2.24) is 15.0 Å². The fourth-order valence-electron chi connectivity index (χ4n) is 8.55. The van der Waals surface area contributed by atoms with Crippen LogP contribution in [-0.4, -0.2) is 15.0 Å². The zero-order chi connectivity index (χ0) is 36.4. The van der Waals surface area contributed by atoms with Crippen molar-refractivity contribution < 1.29 is 0 Å². The Labute approximate surface area is 314 Å². The van der Waals surface area contributed by atoms with Crippen molar-refractivity contribution in [3.8, 4) is 51.4 Å². The normalized spacial score (nSPS) is 13.1. The second kappa shape index (κ2) is 12.2. The molecule has 0 bridgehead atoms. The molecule has 1 aliphatic heterocycles. The summed E-state index contributed by atoms with van der Waals surface area (Å²) in [5.74, 6) is 1.54. The monoisotopic (exact) mass is 691 g/mol. The standard InChI is InChI=1S/C49H33N5/c1-31-21-25-40-38(27-31)39-28-32(2)22-26-41(39)49(40)42-17-9-11-19-44(42)54(45-20-12-10-18-43(45)49)36-24-23-35(30-50)37(29-36)48-52-46(33-13-5-3-6-14-33)51-47(53-48)34-15-7-4-8-16-34/h3-29H,1-2H3. The fourth-order valence-corrected chi connectivity index (χ4v) is 8.55. The summed E-state index contributed by atoms with van der Waals surface area (Å²) in [5, 5.41) is 10.5. The number of nitriles is 1. The van der Waals surface area contributed by atoms with Crippen LogP contribution in [0.5, 0.6) is 0 Å². The molecule has 0 radical (unpaired) electrons. The SMILES string of the molecule is Cc1ccc2c(c1)-c1cc(C)ccc1C21c2ccccc2N(c2ccc(C#N)c(-c3nc(-c4ccccc4)nc(-c4ccccc4)n3)c2)c2ccccc21. The Morgan fingerprint density at radius 2 is 0.944 bits per heavy atom. The molecule has 1 aliphatic carbocycles. The van der Waals surface area contributed by atoms with Gasteiger partial charge in [-0.3, -0.25) is 0 Å². The topological polar surface area (TPSA) is 65.7 Å². The highest BCUT2D eigenvalue weighted by Crippen LogP contribution is 2.63. The number of hydrogen-bond donors (Lipinski definition) is 0. The van der Waals surface area contributed by atoms with E-state index >= 15 is 0 Å². The first kappa shape index (κ1) is 31.6. The molecule has 0 unspecified atom stereocenters. The van der Waals surface area contributed by atoms with Gasteiger partial charge in [0.05, 0.1) is 28.4 Å². The van der Waals surface area contributed by atoms with Crippen molar-refractivity contribution in [3.05, 3.63) is 203 Å². The fraction of sp³-hybridized carbons (Fsp3) is 0.0612. The Morgan fingerprint density at radius 1 is 0.463 bits per heavy atom. The van der Waals surface area contributed by atoms with E-state index in [2.05, 4.69) is 116 Å². The third kappa shape index (κ3) is 4.67. The van der Waals surface area contributed by atoms with Crippen molar-refractivity contribution in [2.24, 2.45) is 0 Å². The summed E-state index contributed by atoms with van der Waals surface area (Å²) in [6, 6.07) is 59.6. The largest absolute Gasteiger partial charge is 0.310 e. The zero-order valence-corrected chi connectivity index (χ0v) is 29.8. The first-order chi connectivity index (χ1) is 26.5. The Morgan fingerprint density at radius 3 is 1.46 bits per heavy atom. The molecule has 0 saturated heterocycles. The van der Waals surface area contributed by atoms with Crippen molar-refractivity contribution in [2.75, 3.05) is 4.90 Å². The van der Waals surface area contributed by atoms with Gasteiger partial charge in [0.25, 0.3) is 0 Å². The molecule has 2 heterocycles. The van der Waals surface area contributed by atoms with Crippen LogP contribution < -0.4 is 4.90 Å². The van der Waals surface area contributed by atoms with Gasteiger partial charge < -0.3 is 4.90 Å². The second-order valence-corrected chi connectivity index (χ2v) is 14.1. The average Bonchev–Trinajstić information content (AvgIpc) is 3.50. The Kier molecular flexibility index (Phi) is 7.14. The zero-order valence-electron chi connectivity index (χ0n) is 29.8. The van der Waals surface area contributed by atoms with Gasteiger partial charge in [0.15, 0.2) is 17.5 Å². The van der Waals surface area contributed by atoms with Crippen LogP contribution in [0.2, 0.25) is 0 Å².